The molecule has 1 amide bonds. The molecule has 1 spiro atoms. The minimum Gasteiger partial charge on any atom is -0.444 e. The first-order valence-electron chi connectivity index (χ1n) is 8.34. The second-order valence-corrected chi connectivity index (χ2v) is 6.83. The summed E-state index contributed by atoms with van der Waals surface area (Å²) in [6.45, 7) is 1.35. The van der Waals surface area contributed by atoms with Crippen molar-refractivity contribution < 1.29 is 19.4 Å². The zero-order valence-corrected chi connectivity index (χ0v) is 14.2. The first kappa shape index (κ1) is 16.4. The number of carbonyl (C=O) groups excluding carboxylic acids is 2. The fraction of sp³-hybridized carbons (Fsp3) is 0.316. The summed E-state index contributed by atoms with van der Waals surface area (Å²) in [5.41, 5.74) is 5.35. The van der Waals surface area contributed by atoms with Crippen LogP contribution in [0.3, 0.4) is 0 Å². The largest absolute Gasteiger partial charge is 0.444 e. The van der Waals surface area contributed by atoms with Crippen molar-refractivity contribution in [3.8, 4) is 6.07 Å². The number of ether oxygens (including phenoxy) is 1. The summed E-state index contributed by atoms with van der Waals surface area (Å²) in [7, 11) is 0. The average Bonchev–Trinajstić information content (AvgIpc) is 2.84. The van der Waals surface area contributed by atoms with E-state index in [0.29, 0.717) is 23.4 Å². The van der Waals surface area contributed by atoms with Crippen molar-refractivity contribution in [3.63, 3.8) is 0 Å². The van der Waals surface area contributed by atoms with Crippen molar-refractivity contribution in [3.05, 3.63) is 52.6 Å². The van der Waals surface area contributed by atoms with Crippen LogP contribution in [0.4, 0.5) is 5.69 Å². The van der Waals surface area contributed by atoms with E-state index in [4.69, 9.17) is 10.5 Å². The predicted molar refractivity (Wildman–Crippen MR) is 91.0 cm³/mol. The van der Waals surface area contributed by atoms with Crippen molar-refractivity contribution in [2.45, 2.75) is 25.2 Å². The Labute approximate surface area is 150 Å². The number of benzene rings is 1. The van der Waals surface area contributed by atoms with Crippen LogP contribution in [0.1, 0.15) is 25.3 Å². The third-order valence-electron chi connectivity index (χ3n) is 5.27. The lowest BCUT2D eigenvalue weighted by molar-refractivity contribution is -0.125. The number of allylic oxidation sites excluding steroid dienone is 1. The number of ketones is 1. The molecule has 132 valence electrons. The SMILES string of the molecule is C[C@@H]1CC(=O)C2=C(C1)OC(N)=C(C#N)[C@@]21C(=O)N(CO)c2ccccc21. The number of anilines is 1. The maximum Gasteiger partial charge on any atom is 0.249 e. The molecule has 1 aliphatic carbocycles. The van der Waals surface area contributed by atoms with Crippen LogP contribution in [0.25, 0.3) is 0 Å². The Balaban J connectivity index is 2.12. The van der Waals surface area contributed by atoms with Crippen molar-refractivity contribution in [2.24, 2.45) is 11.7 Å². The number of Topliss-reactive ketones (excluding diaryl/α,β-unsaturated/α-hetero) is 1. The van der Waals surface area contributed by atoms with Gasteiger partial charge in [0.15, 0.2) is 5.78 Å². The number of aliphatic hydroxyl groups excluding tert-OH is 1. The Morgan fingerprint density at radius 1 is 1.38 bits per heavy atom. The molecule has 2 atom stereocenters. The summed E-state index contributed by atoms with van der Waals surface area (Å²) >= 11 is 0. The minimum absolute atomic E-state index is 0.0513. The molecule has 1 aromatic rings. The number of carbonyl (C=O) groups is 2. The second-order valence-electron chi connectivity index (χ2n) is 6.83. The molecule has 7 nitrogen and oxygen atoms in total. The number of rotatable bonds is 1. The number of nitriles is 1. The monoisotopic (exact) mass is 351 g/mol. The maximum atomic E-state index is 13.5. The third-order valence-corrected chi connectivity index (χ3v) is 5.27. The average molecular weight is 351 g/mol. The fourth-order valence-electron chi connectivity index (χ4n) is 4.29. The molecule has 0 saturated carbocycles. The summed E-state index contributed by atoms with van der Waals surface area (Å²) in [6, 6.07) is 8.80. The first-order chi connectivity index (χ1) is 12.5. The highest BCUT2D eigenvalue weighted by molar-refractivity contribution is 6.19. The van der Waals surface area contributed by atoms with Crippen molar-refractivity contribution >= 4 is 17.4 Å². The molecule has 3 N–H and O–H groups in total. The Morgan fingerprint density at radius 2 is 2.12 bits per heavy atom. The van der Waals surface area contributed by atoms with Gasteiger partial charge in [-0.05, 0) is 12.0 Å². The summed E-state index contributed by atoms with van der Waals surface area (Å²) < 4.78 is 5.61. The van der Waals surface area contributed by atoms with E-state index < -0.39 is 18.1 Å². The summed E-state index contributed by atoms with van der Waals surface area (Å²) in [5.74, 6) is -0.568. The van der Waals surface area contributed by atoms with E-state index >= 15 is 0 Å². The van der Waals surface area contributed by atoms with Crippen molar-refractivity contribution in [2.75, 3.05) is 11.6 Å². The van der Waals surface area contributed by atoms with Gasteiger partial charge in [0, 0.05) is 18.4 Å². The molecule has 0 aromatic heterocycles. The zero-order valence-electron chi connectivity index (χ0n) is 14.2. The molecule has 0 fully saturated rings. The molecule has 0 saturated heterocycles. The van der Waals surface area contributed by atoms with Crippen LogP contribution < -0.4 is 10.6 Å². The van der Waals surface area contributed by atoms with Crippen LogP contribution in [0, 0.1) is 17.2 Å². The summed E-state index contributed by atoms with van der Waals surface area (Å²) in [4.78, 5) is 27.6. The Bertz CT molecular complexity index is 956. The lowest BCUT2D eigenvalue weighted by Crippen LogP contribution is -2.49. The highest BCUT2D eigenvalue weighted by atomic mass is 16.5. The molecular formula is C19H17N3O4. The van der Waals surface area contributed by atoms with Gasteiger partial charge in [-0.15, -0.1) is 0 Å². The van der Waals surface area contributed by atoms with E-state index in [-0.39, 0.29) is 35.2 Å². The molecule has 0 radical (unpaired) electrons. The highest BCUT2D eigenvalue weighted by Gasteiger charge is 2.62. The van der Waals surface area contributed by atoms with Gasteiger partial charge >= 0.3 is 0 Å². The molecule has 26 heavy (non-hydrogen) atoms. The van der Waals surface area contributed by atoms with Gasteiger partial charge in [-0.2, -0.15) is 5.26 Å². The number of nitrogens with two attached hydrogens (primary N) is 1. The second kappa shape index (κ2) is 5.44. The van der Waals surface area contributed by atoms with Gasteiger partial charge in [-0.3, -0.25) is 14.5 Å². The van der Waals surface area contributed by atoms with Crippen LogP contribution in [-0.2, 0) is 19.7 Å². The minimum atomic E-state index is -1.65. The van der Waals surface area contributed by atoms with Crippen LogP contribution >= 0.6 is 0 Å². The topological polar surface area (TPSA) is 117 Å². The number of hydrogen-bond donors (Lipinski definition) is 2. The van der Waals surface area contributed by atoms with Gasteiger partial charge in [0.2, 0.25) is 11.8 Å². The Morgan fingerprint density at radius 3 is 2.81 bits per heavy atom. The van der Waals surface area contributed by atoms with Gasteiger partial charge in [-0.1, -0.05) is 25.1 Å². The zero-order chi connectivity index (χ0) is 18.6. The van der Waals surface area contributed by atoms with E-state index in [0.717, 1.165) is 0 Å². The van der Waals surface area contributed by atoms with E-state index in [2.05, 4.69) is 0 Å². The Kier molecular flexibility index (Phi) is 3.43. The molecule has 0 bridgehead atoms. The fourth-order valence-corrected chi connectivity index (χ4v) is 4.29. The lowest BCUT2D eigenvalue weighted by Gasteiger charge is -2.38. The number of hydrogen-bond acceptors (Lipinski definition) is 6. The molecular weight excluding hydrogens is 334 g/mol. The highest BCUT2D eigenvalue weighted by Crippen LogP contribution is 2.55. The van der Waals surface area contributed by atoms with Gasteiger partial charge < -0.3 is 15.6 Å². The summed E-state index contributed by atoms with van der Waals surface area (Å²) in [6.07, 6.45) is 0.716. The smallest absolute Gasteiger partial charge is 0.249 e. The van der Waals surface area contributed by atoms with Gasteiger partial charge in [0.25, 0.3) is 0 Å². The van der Waals surface area contributed by atoms with Crippen molar-refractivity contribution in [1.82, 2.24) is 0 Å². The third kappa shape index (κ3) is 1.79. The van der Waals surface area contributed by atoms with Crippen LogP contribution in [-0.4, -0.2) is 23.5 Å². The summed E-state index contributed by atoms with van der Waals surface area (Å²) in [5, 5.41) is 19.6. The maximum absolute atomic E-state index is 13.5. The lowest BCUT2D eigenvalue weighted by atomic mass is 9.64. The van der Waals surface area contributed by atoms with Gasteiger partial charge in [0.05, 0.1) is 11.3 Å². The number of nitrogens with zero attached hydrogens (tertiary/aromatic N) is 2. The molecule has 1 aromatic carbocycles. The van der Waals surface area contributed by atoms with E-state index in [1.165, 1.54) is 4.90 Å². The van der Waals surface area contributed by atoms with Crippen LogP contribution in [0.2, 0.25) is 0 Å². The Hall–Kier alpha value is -3.11. The quantitative estimate of drug-likeness (QED) is 0.785. The first-order valence-corrected chi connectivity index (χ1v) is 8.34. The molecule has 2 heterocycles. The van der Waals surface area contributed by atoms with Gasteiger partial charge in [0.1, 0.15) is 29.5 Å². The van der Waals surface area contributed by atoms with Gasteiger partial charge in [-0.25, -0.2) is 0 Å². The molecule has 7 heteroatoms. The molecule has 0 unspecified atom stereocenters. The number of aliphatic hydroxyl groups is 1. The van der Waals surface area contributed by atoms with E-state index in [1.54, 1.807) is 24.3 Å². The van der Waals surface area contributed by atoms with Crippen molar-refractivity contribution in [1.29, 1.82) is 5.26 Å². The standard InChI is InChI=1S/C19H17N3O4/c1-10-6-14(24)16-15(7-10)26-17(21)12(8-20)19(16)11-4-2-3-5-13(11)22(9-23)18(19)25/h2-5,10,23H,6-7,9,21H2,1H3/t10-,19-/m1/s1. The molecule has 3 aliphatic rings. The number of fused-ring (bicyclic) bond motifs is 3. The number of amides is 1. The molecule has 4 rings (SSSR count). The van der Waals surface area contributed by atoms with E-state index in [1.807, 2.05) is 13.0 Å². The molecule has 2 aliphatic heterocycles. The van der Waals surface area contributed by atoms with Crippen LogP contribution in [0.5, 0.6) is 0 Å². The predicted octanol–water partition coefficient (Wildman–Crippen LogP) is 1.20. The van der Waals surface area contributed by atoms with Crippen LogP contribution in [0.15, 0.2) is 47.1 Å². The normalized spacial score (nSPS) is 27.4. The number of para-hydroxylation sites is 1. The van der Waals surface area contributed by atoms with E-state index in [9.17, 15) is 20.0 Å².